The molecule has 0 aromatic carbocycles. The van der Waals surface area contributed by atoms with Crippen LogP contribution in [0.5, 0.6) is 0 Å². The van der Waals surface area contributed by atoms with E-state index in [-0.39, 0.29) is 0 Å². The Morgan fingerprint density at radius 1 is 1.27 bits per heavy atom. The van der Waals surface area contributed by atoms with Crippen molar-refractivity contribution in [2.75, 3.05) is 6.54 Å². The SMILES string of the molecule is CCCCCCn1cc(CNCC)nn1. The van der Waals surface area contributed by atoms with E-state index in [4.69, 9.17) is 0 Å². The number of nitrogens with one attached hydrogen (secondary N) is 1. The van der Waals surface area contributed by atoms with Crippen LogP contribution in [0.15, 0.2) is 6.20 Å². The smallest absolute Gasteiger partial charge is 0.0964 e. The van der Waals surface area contributed by atoms with Gasteiger partial charge in [-0.15, -0.1) is 5.10 Å². The fourth-order valence-electron chi connectivity index (χ4n) is 1.48. The van der Waals surface area contributed by atoms with Crippen molar-refractivity contribution in [3.8, 4) is 0 Å². The highest BCUT2D eigenvalue weighted by Gasteiger charge is 1.99. The monoisotopic (exact) mass is 210 g/mol. The largest absolute Gasteiger partial charge is 0.311 e. The van der Waals surface area contributed by atoms with Gasteiger partial charge < -0.3 is 5.32 Å². The molecule has 1 aromatic rings. The van der Waals surface area contributed by atoms with E-state index in [1.807, 2.05) is 10.9 Å². The lowest BCUT2D eigenvalue weighted by molar-refractivity contribution is 0.527. The third kappa shape index (κ3) is 4.93. The van der Waals surface area contributed by atoms with Gasteiger partial charge in [0.15, 0.2) is 0 Å². The molecule has 0 fully saturated rings. The van der Waals surface area contributed by atoms with Gasteiger partial charge in [-0.3, -0.25) is 4.68 Å². The highest BCUT2D eigenvalue weighted by molar-refractivity contribution is 4.91. The van der Waals surface area contributed by atoms with E-state index in [9.17, 15) is 0 Å². The summed E-state index contributed by atoms with van der Waals surface area (Å²) in [7, 11) is 0. The Bertz CT molecular complexity index is 257. The quantitative estimate of drug-likeness (QED) is 0.667. The van der Waals surface area contributed by atoms with Gasteiger partial charge in [-0.1, -0.05) is 38.3 Å². The molecule has 0 aliphatic carbocycles. The van der Waals surface area contributed by atoms with Crippen LogP contribution in [0.4, 0.5) is 0 Å². The van der Waals surface area contributed by atoms with E-state index in [0.29, 0.717) is 0 Å². The number of nitrogens with zero attached hydrogens (tertiary/aromatic N) is 3. The Hall–Kier alpha value is -0.900. The Morgan fingerprint density at radius 2 is 2.13 bits per heavy atom. The van der Waals surface area contributed by atoms with Crippen LogP contribution in [0, 0.1) is 0 Å². The summed E-state index contributed by atoms with van der Waals surface area (Å²) in [5.74, 6) is 0. The first-order chi connectivity index (χ1) is 7.36. The van der Waals surface area contributed by atoms with Crippen molar-refractivity contribution in [1.29, 1.82) is 0 Å². The predicted molar refractivity (Wildman–Crippen MR) is 61.5 cm³/mol. The minimum absolute atomic E-state index is 0.825. The van der Waals surface area contributed by atoms with Crippen LogP contribution in [0.2, 0.25) is 0 Å². The standard InChI is InChI=1S/C11H22N4/c1-3-5-6-7-8-15-10-11(13-14-15)9-12-4-2/h10,12H,3-9H2,1-2H3. The van der Waals surface area contributed by atoms with E-state index >= 15 is 0 Å². The molecule has 0 saturated heterocycles. The number of rotatable bonds is 8. The highest BCUT2D eigenvalue weighted by Crippen LogP contribution is 2.01. The van der Waals surface area contributed by atoms with E-state index in [1.165, 1.54) is 25.7 Å². The Morgan fingerprint density at radius 3 is 2.87 bits per heavy atom. The molecular formula is C11H22N4. The summed E-state index contributed by atoms with van der Waals surface area (Å²) < 4.78 is 1.95. The first-order valence-electron chi connectivity index (χ1n) is 5.96. The second-order valence-electron chi connectivity index (χ2n) is 3.81. The third-order valence-corrected chi connectivity index (χ3v) is 2.38. The Kier molecular flexibility index (Phi) is 6.00. The van der Waals surface area contributed by atoms with Crippen molar-refractivity contribution in [1.82, 2.24) is 20.3 Å². The average molecular weight is 210 g/mol. The normalized spacial score (nSPS) is 10.8. The molecule has 86 valence electrons. The van der Waals surface area contributed by atoms with Gasteiger partial charge in [0.05, 0.1) is 5.69 Å². The maximum Gasteiger partial charge on any atom is 0.0964 e. The van der Waals surface area contributed by atoms with Crippen LogP contribution in [-0.2, 0) is 13.1 Å². The van der Waals surface area contributed by atoms with Crippen LogP contribution in [0.1, 0.15) is 45.2 Å². The molecule has 0 bridgehead atoms. The molecule has 0 spiro atoms. The lowest BCUT2D eigenvalue weighted by atomic mass is 10.2. The summed E-state index contributed by atoms with van der Waals surface area (Å²) in [5.41, 5.74) is 1.03. The van der Waals surface area contributed by atoms with Crippen LogP contribution in [-0.4, -0.2) is 21.5 Å². The number of aromatic nitrogens is 3. The molecule has 0 radical (unpaired) electrons. The number of unbranched alkanes of at least 4 members (excludes halogenated alkanes) is 3. The van der Waals surface area contributed by atoms with Crippen molar-refractivity contribution in [2.24, 2.45) is 0 Å². The van der Waals surface area contributed by atoms with Crippen molar-refractivity contribution in [3.63, 3.8) is 0 Å². The molecule has 0 aliphatic rings. The molecule has 0 atom stereocenters. The molecule has 1 N–H and O–H groups in total. The summed E-state index contributed by atoms with van der Waals surface area (Å²) in [4.78, 5) is 0. The Labute approximate surface area is 92.1 Å². The van der Waals surface area contributed by atoms with E-state index in [0.717, 1.165) is 25.3 Å². The first-order valence-corrected chi connectivity index (χ1v) is 5.96. The molecule has 1 heterocycles. The zero-order valence-corrected chi connectivity index (χ0v) is 9.87. The topological polar surface area (TPSA) is 42.7 Å². The average Bonchev–Trinajstić information content (AvgIpc) is 2.69. The number of aryl methyl sites for hydroxylation is 1. The molecule has 15 heavy (non-hydrogen) atoms. The van der Waals surface area contributed by atoms with Gasteiger partial charge in [-0.2, -0.15) is 0 Å². The first kappa shape index (κ1) is 12.2. The molecular weight excluding hydrogens is 188 g/mol. The van der Waals surface area contributed by atoms with Gasteiger partial charge in [0.25, 0.3) is 0 Å². The van der Waals surface area contributed by atoms with E-state index < -0.39 is 0 Å². The zero-order chi connectivity index (χ0) is 10.9. The summed E-state index contributed by atoms with van der Waals surface area (Å²) in [5, 5.41) is 11.4. The zero-order valence-electron chi connectivity index (χ0n) is 9.87. The predicted octanol–water partition coefficient (Wildman–Crippen LogP) is 1.97. The van der Waals surface area contributed by atoms with Crippen molar-refractivity contribution in [3.05, 3.63) is 11.9 Å². The molecule has 4 heteroatoms. The van der Waals surface area contributed by atoms with Gasteiger partial charge in [-0.25, -0.2) is 0 Å². The van der Waals surface area contributed by atoms with Crippen molar-refractivity contribution >= 4 is 0 Å². The molecule has 0 amide bonds. The van der Waals surface area contributed by atoms with Crippen molar-refractivity contribution in [2.45, 2.75) is 52.6 Å². The maximum atomic E-state index is 4.10. The summed E-state index contributed by atoms with van der Waals surface area (Å²) in [6, 6.07) is 0. The summed E-state index contributed by atoms with van der Waals surface area (Å²) in [6.45, 7) is 7.12. The minimum Gasteiger partial charge on any atom is -0.311 e. The second-order valence-corrected chi connectivity index (χ2v) is 3.81. The number of hydrogen-bond donors (Lipinski definition) is 1. The van der Waals surface area contributed by atoms with Crippen LogP contribution >= 0.6 is 0 Å². The van der Waals surface area contributed by atoms with E-state index in [1.54, 1.807) is 0 Å². The molecule has 0 unspecified atom stereocenters. The third-order valence-electron chi connectivity index (χ3n) is 2.38. The van der Waals surface area contributed by atoms with Crippen LogP contribution < -0.4 is 5.32 Å². The Balaban J connectivity index is 2.20. The van der Waals surface area contributed by atoms with Crippen LogP contribution in [0.3, 0.4) is 0 Å². The van der Waals surface area contributed by atoms with Gasteiger partial charge in [0.1, 0.15) is 0 Å². The van der Waals surface area contributed by atoms with Gasteiger partial charge in [0, 0.05) is 19.3 Å². The summed E-state index contributed by atoms with van der Waals surface area (Å²) in [6.07, 6.45) is 7.13. The molecule has 0 aliphatic heterocycles. The van der Waals surface area contributed by atoms with Crippen LogP contribution in [0.25, 0.3) is 0 Å². The maximum absolute atomic E-state index is 4.10. The van der Waals surface area contributed by atoms with Crippen molar-refractivity contribution < 1.29 is 0 Å². The molecule has 0 saturated carbocycles. The van der Waals surface area contributed by atoms with Gasteiger partial charge in [0.2, 0.25) is 0 Å². The van der Waals surface area contributed by atoms with Gasteiger partial charge in [-0.05, 0) is 13.0 Å². The fraction of sp³-hybridized carbons (Fsp3) is 0.818. The molecule has 1 aromatic heterocycles. The fourth-order valence-corrected chi connectivity index (χ4v) is 1.48. The minimum atomic E-state index is 0.825. The number of hydrogen-bond acceptors (Lipinski definition) is 3. The van der Waals surface area contributed by atoms with E-state index in [2.05, 4.69) is 29.5 Å². The lowest BCUT2D eigenvalue weighted by Crippen LogP contribution is -2.11. The highest BCUT2D eigenvalue weighted by atomic mass is 15.4. The van der Waals surface area contributed by atoms with Gasteiger partial charge >= 0.3 is 0 Å². The molecule has 1 rings (SSSR count). The summed E-state index contributed by atoms with van der Waals surface area (Å²) >= 11 is 0. The second kappa shape index (κ2) is 7.40. The molecule has 4 nitrogen and oxygen atoms in total. The lowest BCUT2D eigenvalue weighted by Gasteiger charge is -1.99.